The van der Waals surface area contributed by atoms with Crippen molar-refractivity contribution in [1.82, 2.24) is 19.8 Å². The Morgan fingerprint density at radius 2 is 2.11 bits per heavy atom. The maximum atomic E-state index is 11.6. The first-order valence-corrected chi connectivity index (χ1v) is 7.13. The molecule has 0 radical (unpaired) electrons. The Kier molecular flexibility index (Phi) is 2.24. The molecular formula is C11H10N4O2S. The number of aromatic amines is 1. The first-order chi connectivity index (χ1) is 8.55. The smallest absolute Gasteiger partial charge is 0.192 e. The Labute approximate surface area is 103 Å². The zero-order chi connectivity index (χ0) is 12.8. The van der Waals surface area contributed by atoms with Crippen molar-refractivity contribution >= 4 is 15.4 Å². The predicted octanol–water partition coefficient (Wildman–Crippen LogP) is 1.13. The van der Waals surface area contributed by atoms with Gasteiger partial charge in [-0.25, -0.2) is 12.9 Å². The molecule has 0 spiro atoms. The van der Waals surface area contributed by atoms with Crippen LogP contribution >= 0.6 is 0 Å². The van der Waals surface area contributed by atoms with Gasteiger partial charge in [-0.05, 0) is 24.3 Å². The number of aromatic nitrogens is 4. The van der Waals surface area contributed by atoms with Crippen LogP contribution in [0.3, 0.4) is 0 Å². The van der Waals surface area contributed by atoms with Crippen molar-refractivity contribution in [2.24, 2.45) is 0 Å². The van der Waals surface area contributed by atoms with Crippen molar-refractivity contribution in [3.05, 3.63) is 36.7 Å². The SMILES string of the molecule is CS(=O)(=O)c1[nH]ncc1-c1ccc2cccn2n1. The molecule has 0 aliphatic rings. The summed E-state index contributed by atoms with van der Waals surface area (Å²) in [6.07, 6.45) is 4.41. The highest BCUT2D eigenvalue weighted by Gasteiger charge is 2.18. The minimum atomic E-state index is -3.35. The third-order valence-corrected chi connectivity index (χ3v) is 3.69. The number of nitrogens with zero attached hydrogens (tertiary/aromatic N) is 3. The van der Waals surface area contributed by atoms with Gasteiger partial charge in [-0.1, -0.05) is 0 Å². The lowest BCUT2D eigenvalue weighted by atomic mass is 10.2. The first-order valence-electron chi connectivity index (χ1n) is 5.24. The van der Waals surface area contributed by atoms with E-state index in [4.69, 9.17) is 0 Å². The van der Waals surface area contributed by atoms with Crippen LogP contribution in [0.15, 0.2) is 41.7 Å². The summed E-state index contributed by atoms with van der Waals surface area (Å²) < 4.78 is 24.9. The second kappa shape index (κ2) is 3.67. The number of H-pyrrole nitrogens is 1. The van der Waals surface area contributed by atoms with E-state index in [-0.39, 0.29) is 5.03 Å². The fraction of sp³-hybridized carbons (Fsp3) is 0.0909. The Morgan fingerprint density at radius 3 is 2.89 bits per heavy atom. The van der Waals surface area contributed by atoms with Crippen LogP contribution in [0, 0.1) is 0 Å². The molecule has 3 rings (SSSR count). The summed E-state index contributed by atoms with van der Waals surface area (Å²) >= 11 is 0. The molecule has 3 heterocycles. The van der Waals surface area contributed by atoms with Gasteiger partial charge >= 0.3 is 0 Å². The zero-order valence-electron chi connectivity index (χ0n) is 9.53. The van der Waals surface area contributed by atoms with E-state index in [1.807, 2.05) is 18.2 Å². The van der Waals surface area contributed by atoms with E-state index in [0.29, 0.717) is 11.3 Å². The molecule has 0 aromatic carbocycles. The third kappa shape index (κ3) is 1.68. The largest absolute Gasteiger partial charge is 0.267 e. The highest BCUT2D eigenvalue weighted by molar-refractivity contribution is 7.90. The number of hydrogen-bond donors (Lipinski definition) is 1. The summed E-state index contributed by atoms with van der Waals surface area (Å²) in [6, 6.07) is 7.44. The molecule has 0 amide bonds. The maximum Gasteiger partial charge on any atom is 0.192 e. The molecule has 18 heavy (non-hydrogen) atoms. The molecule has 7 heteroatoms. The van der Waals surface area contributed by atoms with Crippen LogP contribution in [-0.2, 0) is 9.84 Å². The Bertz CT molecular complexity index is 816. The Morgan fingerprint density at radius 1 is 1.28 bits per heavy atom. The summed E-state index contributed by atoms with van der Waals surface area (Å²) in [4.78, 5) is 0. The van der Waals surface area contributed by atoms with Crippen LogP contribution in [0.2, 0.25) is 0 Å². The number of fused-ring (bicyclic) bond motifs is 1. The van der Waals surface area contributed by atoms with Crippen molar-refractivity contribution in [1.29, 1.82) is 0 Å². The van der Waals surface area contributed by atoms with E-state index >= 15 is 0 Å². The molecule has 3 aromatic rings. The van der Waals surface area contributed by atoms with Crippen LogP contribution in [-0.4, -0.2) is 34.5 Å². The lowest BCUT2D eigenvalue weighted by Gasteiger charge is -2.01. The van der Waals surface area contributed by atoms with Crippen LogP contribution in [0.1, 0.15) is 0 Å². The molecule has 0 aliphatic carbocycles. The average Bonchev–Trinajstić information content (AvgIpc) is 2.96. The molecule has 92 valence electrons. The van der Waals surface area contributed by atoms with Crippen molar-refractivity contribution in [2.75, 3.05) is 6.26 Å². The molecule has 6 nitrogen and oxygen atoms in total. The summed E-state index contributed by atoms with van der Waals surface area (Å²) in [7, 11) is -3.35. The molecule has 0 atom stereocenters. The van der Waals surface area contributed by atoms with Crippen molar-refractivity contribution < 1.29 is 8.42 Å². The van der Waals surface area contributed by atoms with E-state index < -0.39 is 9.84 Å². The number of sulfone groups is 1. The molecule has 3 aromatic heterocycles. The Balaban J connectivity index is 2.23. The maximum absolute atomic E-state index is 11.6. The monoisotopic (exact) mass is 262 g/mol. The van der Waals surface area contributed by atoms with Gasteiger partial charge in [-0.2, -0.15) is 10.2 Å². The van der Waals surface area contributed by atoms with Crippen LogP contribution < -0.4 is 0 Å². The molecule has 0 unspecified atom stereocenters. The third-order valence-electron chi connectivity index (χ3n) is 2.64. The minimum absolute atomic E-state index is 0.0847. The summed E-state index contributed by atoms with van der Waals surface area (Å²) in [6.45, 7) is 0. The summed E-state index contributed by atoms with van der Waals surface area (Å²) in [5, 5.41) is 10.7. The van der Waals surface area contributed by atoms with E-state index in [9.17, 15) is 8.42 Å². The molecular weight excluding hydrogens is 252 g/mol. The van der Waals surface area contributed by atoms with Gasteiger partial charge in [0.05, 0.1) is 23.0 Å². The van der Waals surface area contributed by atoms with Gasteiger partial charge in [0.15, 0.2) is 14.9 Å². The Hall–Kier alpha value is -2.15. The van der Waals surface area contributed by atoms with Gasteiger partial charge in [-0.3, -0.25) is 5.10 Å². The van der Waals surface area contributed by atoms with Crippen molar-refractivity contribution in [2.45, 2.75) is 5.03 Å². The van der Waals surface area contributed by atoms with Crippen molar-refractivity contribution in [3.8, 4) is 11.3 Å². The van der Waals surface area contributed by atoms with Gasteiger partial charge in [0, 0.05) is 12.5 Å². The zero-order valence-corrected chi connectivity index (χ0v) is 10.3. The highest BCUT2D eigenvalue weighted by atomic mass is 32.2. The van der Waals surface area contributed by atoms with E-state index in [0.717, 1.165) is 11.8 Å². The quantitative estimate of drug-likeness (QED) is 0.750. The normalized spacial score (nSPS) is 12.1. The molecule has 0 fully saturated rings. The second-order valence-corrected chi connectivity index (χ2v) is 5.93. The van der Waals surface area contributed by atoms with Gasteiger partial charge in [0.1, 0.15) is 0 Å². The minimum Gasteiger partial charge on any atom is -0.267 e. The highest BCUT2D eigenvalue weighted by Crippen LogP contribution is 2.23. The first kappa shape index (κ1) is 11.0. The lowest BCUT2D eigenvalue weighted by molar-refractivity contribution is 0.598. The van der Waals surface area contributed by atoms with E-state index in [2.05, 4.69) is 15.3 Å². The van der Waals surface area contributed by atoms with Gasteiger partial charge in [-0.15, -0.1) is 0 Å². The topological polar surface area (TPSA) is 80.1 Å². The average molecular weight is 262 g/mol. The summed E-state index contributed by atoms with van der Waals surface area (Å²) in [5.41, 5.74) is 1.99. The van der Waals surface area contributed by atoms with Gasteiger partial charge < -0.3 is 0 Å². The van der Waals surface area contributed by atoms with E-state index in [1.165, 1.54) is 6.20 Å². The lowest BCUT2D eigenvalue weighted by Crippen LogP contribution is -2.01. The fourth-order valence-corrected chi connectivity index (χ4v) is 2.58. The standard InChI is InChI=1S/C11H10N4O2S/c1-18(16,17)11-9(7-12-13-11)10-5-4-8-3-2-6-15(8)14-10/h2-7H,1H3,(H,12,13). The number of rotatable bonds is 2. The number of nitrogens with one attached hydrogen (secondary N) is 1. The molecule has 0 bridgehead atoms. The van der Waals surface area contributed by atoms with Crippen LogP contribution in [0.5, 0.6) is 0 Å². The predicted molar refractivity (Wildman–Crippen MR) is 65.9 cm³/mol. The van der Waals surface area contributed by atoms with Crippen LogP contribution in [0.25, 0.3) is 16.8 Å². The molecule has 0 aliphatic heterocycles. The van der Waals surface area contributed by atoms with Crippen LogP contribution in [0.4, 0.5) is 0 Å². The van der Waals surface area contributed by atoms with E-state index in [1.54, 1.807) is 16.8 Å². The van der Waals surface area contributed by atoms with Crippen molar-refractivity contribution in [3.63, 3.8) is 0 Å². The summed E-state index contributed by atoms with van der Waals surface area (Å²) in [5.74, 6) is 0. The second-order valence-electron chi connectivity index (χ2n) is 3.98. The van der Waals surface area contributed by atoms with Gasteiger partial charge in [0.25, 0.3) is 0 Å². The molecule has 1 N–H and O–H groups in total. The number of hydrogen-bond acceptors (Lipinski definition) is 4. The fourth-order valence-electron chi connectivity index (χ4n) is 1.81. The molecule has 0 saturated carbocycles. The van der Waals surface area contributed by atoms with Gasteiger partial charge in [0.2, 0.25) is 0 Å². The molecule has 0 saturated heterocycles.